The van der Waals surface area contributed by atoms with Crippen molar-refractivity contribution in [3.8, 4) is 5.75 Å². The van der Waals surface area contributed by atoms with E-state index in [1.807, 2.05) is 30.3 Å². The van der Waals surface area contributed by atoms with Crippen LogP contribution in [0.2, 0.25) is 0 Å². The summed E-state index contributed by atoms with van der Waals surface area (Å²) in [5, 5.41) is 0. The van der Waals surface area contributed by atoms with Crippen LogP contribution in [0.5, 0.6) is 5.75 Å². The van der Waals surface area contributed by atoms with E-state index in [9.17, 15) is 4.79 Å². The van der Waals surface area contributed by atoms with E-state index in [1.165, 1.54) is 0 Å². The number of Topliss-reactive ketones (excluding diaryl/α,β-unsaturated/α-hetero) is 1. The predicted octanol–water partition coefficient (Wildman–Crippen LogP) is 3.46. The van der Waals surface area contributed by atoms with Gasteiger partial charge in [0, 0.05) is 6.42 Å². The van der Waals surface area contributed by atoms with Crippen LogP contribution in [0.1, 0.15) is 33.1 Å². The van der Waals surface area contributed by atoms with Crippen molar-refractivity contribution in [1.29, 1.82) is 0 Å². The summed E-state index contributed by atoms with van der Waals surface area (Å²) in [5.41, 5.74) is 0. The minimum Gasteiger partial charge on any atom is -0.486 e. The molecule has 2 nitrogen and oxygen atoms in total. The monoisotopic (exact) mass is 220 g/mol. The molecule has 16 heavy (non-hydrogen) atoms. The number of carbonyl (C=O) groups excluding carboxylic acids is 1. The third-order valence-electron chi connectivity index (χ3n) is 2.38. The van der Waals surface area contributed by atoms with Crippen molar-refractivity contribution < 1.29 is 9.53 Å². The van der Waals surface area contributed by atoms with E-state index in [1.54, 1.807) is 0 Å². The third-order valence-corrected chi connectivity index (χ3v) is 2.38. The topological polar surface area (TPSA) is 26.3 Å². The molecule has 1 rings (SSSR count). The molecule has 0 saturated heterocycles. The van der Waals surface area contributed by atoms with E-state index >= 15 is 0 Å². The van der Waals surface area contributed by atoms with Crippen molar-refractivity contribution >= 4 is 5.78 Å². The van der Waals surface area contributed by atoms with Gasteiger partial charge in [-0.25, -0.2) is 0 Å². The normalized spacial score (nSPS) is 10.4. The SMILES string of the molecule is CC(C)CCCC(=O)COc1ccccc1. The summed E-state index contributed by atoms with van der Waals surface area (Å²) in [5.74, 6) is 1.62. The smallest absolute Gasteiger partial charge is 0.170 e. The predicted molar refractivity (Wildman–Crippen MR) is 65.6 cm³/mol. The highest BCUT2D eigenvalue weighted by Crippen LogP contribution is 2.10. The number of para-hydroxylation sites is 1. The molecule has 1 aromatic rings. The molecule has 0 saturated carbocycles. The van der Waals surface area contributed by atoms with Gasteiger partial charge in [-0.2, -0.15) is 0 Å². The number of carbonyl (C=O) groups is 1. The molecule has 0 unspecified atom stereocenters. The molecule has 0 fully saturated rings. The summed E-state index contributed by atoms with van der Waals surface area (Å²) < 4.78 is 5.38. The van der Waals surface area contributed by atoms with Crippen LogP contribution >= 0.6 is 0 Å². The summed E-state index contributed by atoms with van der Waals surface area (Å²) in [7, 11) is 0. The zero-order chi connectivity index (χ0) is 11.8. The van der Waals surface area contributed by atoms with E-state index in [-0.39, 0.29) is 12.4 Å². The van der Waals surface area contributed by atoms with Gasteiger partial charge in [0.15, 0.2) is 5.78 Å². The number of hydrogen-bond acceptors (Lipinski definition) is 2. The maximum absolute atomic E-state index is 11.5. The van der Waals surface area contributed by atoms with Gasteiger partial charge in [0.25, 0.3) is 0 Å². The quantitative estimate of drug-likeness (QED) is 0.703. The maximum atomic E-state index is 11.5. The molecule has 0 bridgehead atoms. The van der Waals surface area contributed by atoms with Gasteiger partial charge in [0.1, 0.15) is 12.4 Å². The summed E-state index contributed by atoms with van der Waals surface area (Å²) in [6, 6.07) is 9.46. The fraction of sp³-hybridized carbons (Fsp3) is 0.500. The van der Waals surface area contributed by atoms with Gasteiger partial charge < -0.3 is 4.74 Å². The fourth-order valence-electron chi connectivity index (χ4n) is 1.46. The Morgan fingerprint density at radius 1 is 1.25 bits per heavy atom. The van der Waals surface area contributed by atoms with Crippen LogP contribution in [-0.4, -0.2) is 12.4 Å². The summed E-state index contributed by atoms with van der Waals surface area (Å²) in [6.07, 6.45) is 2.71. The fourth-order valence-corrected chi connectivity index (χ4v) is 1.46. The van der Waals surface area contributed by atoms with Gasteiger partial charge >= 0.3 is 0 Å². The van der Waals surface area contributed by atoms with Crippen LogP contribution in [0, 0.1) is 5.92 Å². The highest BCUT2D eigenvalue weighted by Gasteiger charge is 2.03. The molecule has 0 aromatic heterocycles. The number of rotatable bonds is 7. The van der Waals surface area contributed by atoms with Gasteiger partial charge in [0.05, 0.1) is 0 Å². The van der Waals surface area contributed by atoms with Gasteiger partial charge in [-0.3, -0.25) is 4.79 Å². The van der Waals surface area contributed by atoms with E-state index in [0.29, 0.717) is 12.3 Å². The molecule has 0 aliphatic rings. The second-order valence-electron chi connectivity index (χ2n) is 4.43. The van der Waals surface area contributed by atoms with Crippen LogP contribution in [-0.2, 0) is 4.79 Å². The van der Waals surface area contributed by atoms with Crippen LogP contribution in [0.3, 0.4) is 0 Å². The lowest BCUT2D eigenvalue weighted by molar-refractivity contribution is -0.121. The molecular weight excluding hydrogens is 200 g/mol. The van der Waals surface area contributed by atoms with E-state index in [4.69, 9.17) is 4.74 Å². The van der Waals surface area contributed by atoms with Crippen LogP contribution in [0.4, 0.5) is 0 Å². The Balaban J connectivity index is 2.16. The lowest BCUT2D eigenvalue weighted by Crippen LogP contribution is -2.11. The third kappa shape index (κ3) is 5.54. The lowest BCUT2D eigenvalue weighted by atomic mass is 10.1. The zero-order valence-corrected chi connectivity index (χ0v) is 10.1. The standard InChI is InChI=1S/C14H20O2/c1-12(2)7-6-8-13(15)11-16-14-9-4-3-5-10-14/h3-5,9-10,12H,6-8,11H2,1-2H3. The van der Waals surface area contributed by atoms with Crippen molar-refractivity contribution in [2.45, 2.75) is 33.1 Å². The summed E-state index contributed by atoms with van der Waals surface area (Å²) in [4.78, 5) is 11.5. The first-order chi connectivity index (χ1) is 7.68. The lowest BCUT2D eigenvalue weighted by Gasteiger charge is -2.06. The summed E-state index contributed by atoms with van der Waals surface area (Å²) in [6.45, 7) is 4.54. The number of benzene rings is 1. The van der Waals surface area contributed by atoms with Crippen molar-refractivity contribution in [3.63, 3.8) is 0 Å². The van der Waals surface area contributed by atoms with Crippen molar-refractivity contribution in [1.82, 2.24) is 0 Å². The van der Waals surface area contributed by atoms with Crippen LogP contribution < -0.4 is 4.74 Å². The van der Waals surface area contributed by atoms with Gasteiger partial charge in [-0.1, -0.05) is 38.5 Å². The molecule has 0 N–H and O–H groups in total. The first-order valence-electron chi connectivity index (χ1n) is 5.88. The Morgan fingerprint density at radius 3 is 2.56 bits per heavy atom. The molecule has 0 atom stereocenters. The molecular formula is C14H20O2. The van der Waals surface area contributed by atoms with Crippen LogP contribution in [0.25, 0.3) is 0 Å². The maximum Gasteiger partial charge on any atom is 0.170 e. The van der Waals surface area contributed by atoms with E-state index in [0.717, 1.165) is 18.6 Å². The average Bonchev–Trinajstić information content (AvgIpc) is 2.27. The Labute approximate surface area is 97.6 Å². The van der Waals surface area contributed by atoms with Gasteiger partial charge in [-0.15, -0.1) is 0 Å². The zero-order valence-electron chi connectivity index (χ0n) is 10.1. The Hall–Kier alpha value is -1.31. The molecule has 0 amide bonds. The molecule has 0 aliphatic heterocycles. The first-order valence-corrected chi connectivity index (χ1v) is 5.88. The Bertz CT molecular complexity index is 304. The molecule has 0 spiro atoms. The minimum absolute atomic E-state index is 0.185. The van der Waals surface area contributed by atoms with Crippen molar-refractivity contribution in [3.05, 3.63) is 30.3 Å². The molecule has 1 aromatic carbocycles. The Kier molecular flexibility index (Phi) is 5.62. The second-order valence-corrected chi connectivity index (χ2v) is 4.43. The van der Waals surface area contributed by atoms with Gasteiger partial charge in [0.2, 0.25) is 0 Å². The van der Waals surface area contributed by atoms with Crippen LogP contribution in [0.15, 0.2) is 30.3 Å². The highest BCUT2D eigenvalue weighted by atomic mass is 16.5. The number of hydrogen-bond donors (Lipinski definition) is 0. The average molecular weight is 220 g/mol. The Morgan fingerprint density at radius 2 is 1.94 bits per heavy atom. The molecule has 0 radical (unpaired) electrons. The largest absolute Gasteiger partial charge is 0.486 e. The molecule has 0 heterocycles. The van der Waals surface area contributed by atoms with E-state index in [2.05, 4.69) is 13.8 Å². The molecule has 2 heteroatoms. The second kappa shape index (κ2) is 7.04. The van der Waals surface area contributed by atoms with E-state index < -0.39 is 0 Å². The highest BCUT2D eigenvalue weighted by molar-refractivity contribution is 5.79. The number of ketones is 1. The van der Waals surface area contributed by atoms with Crippen molar-refractivity contribution in [2.24, 2.45) is 5.92 Å². The number of ether oxygens (including phenoxy) is 1. The van der Waals surface area contributed by atoms with Crippen molar-refractivity contribution in [2.75, 3.05) is 6.61 Å². The molecule has 0 aliphatic carbocycles. The molecule has 88 valence electrons. The first kappa shape index (κ1) is 12.8. The minimum atomic E-state index is 0.185. The summed E-state index contributed by atoms with van der Waals surface area (Å²) >= 11 is 0. The van der Waals surface area contributed by atoms with Gasteiger partial charge in [-0.05, 0) is 24.5 Å².